The van der Waals surface area contributed by atoms with E-state index in [9.17, 15) is 32.3 Å². The Morgan fingerprint density at radius 3 is 2.33 bits per heavy atom. The predicted octanol–water partition coefficient (Wildman–Crippen LogP) is 6.32. The molecular weight excluding hydrogens is 844 g/mol. The Morgan fingerprint density at radius 1 is 0.944 bits per heavy atom. The molecule has 4 heterocycles. The average Bonchev–Trinajstić information content (AvgIpc) is 3.33. The van der Waals surface area contributed by atoms with E-state index in [4.69, 9.17) is 26.8 Å². The molecule has 0 radical (unpaired) electrons. The Kier molecular flexibility index (Phi) is 13.0. The highest BCUT2D eigenvalue weighted by atomic mass is 127. The summed E-state index contributed by atoms with van der Waals surface area (Å²) in [5, 5.41) is 2.66. The van der Waals surface area contributed by atoms with E-state index < -0.39 is 35.5 Å². The van der Waals surface area contributed by atoms with Gasteiger partial charge in [-0.1, -0.05) is 36.2 Å². The standard InChI is InChI=1S/C37H45ClF3IN6O6/c38-28-20-23(19-27(32(28)43)37(39,40)41)21-31(33(49)45-14-9-25(10-15-45)47-13-4-3-7-30(47)34(50)53-22-42)54-36(52)46-16-11-26(12-17-46)48-18-8-24-5-1-2-6-29(24)44-35(48)51/h1-2,5-6,19-20,25-26,30-31H,3-4,7-18,21-22,43H2,(H,44,51)/t30-,31-/m1/s1. The zero-order valence-electron chi connectivity index (χ0n) is 29.8. The Balaban J connectivity index is 1.13. The number of hydrogen-bond donors (Lipinski definition) is 2. The first kappa shape index (κ1) is 40.2. The van der Waals surface area contributed by atoms with Crippen LogP contribution in [0.15, 0.2) is 36.4 Å². The summed E-state index contributed by atoms with van der Waals surface area (Å²) >= 11 is 8.12. The second-order valence-corrected chi connectivity index (χ2v) is 15.3. The van der Waals surface area contributed by atoms with Gasteiger partial charge in [-0.25, -0.2) is 9.59 Å². The number of fused-ring (bicyclic) bond motifs is 1. The molecule has 3 fully saturated rings. The molecule has 0 unspecified atom stereocenters. The van der Waals surface area contributed by atoms with Crippen LogP contribution in [0.25, 0.3) is 0 Å². The maximum atomic E-state index is 14.1. The van der Waals surface area contributed by atoms with Gasteiger partial charge in [0, 0.05) is 56.9 Å². The van der Waals surface area contributed by atoms with E-state index in [1.165, 1.54) is 11.0 Å². The second kappa shape index (κ2) is 17.5. The van der Waals surface area contributed by atoms with Crippen molar-refractivity contribution in [3.8, 4) is 0 Å². The van der Waals surface area contributed by atoms with Gasteiger partial charge in [-0.15, -0.1) is 0 Å². The van der Waals surface area contributed by atoms with Crippen LogP contribution in [0.2, 0.25) is 5.02 Å². The van der Waals surface area contributed by atoms with Crippen LogP contribution in [-0.2, 0) is 38.1 Å². The number of piperidine rings is 3. The Morgan fingerprint density at radius 2 is 1.63 bits per heavy atom. The smallest absolute Gasteiger partial charge is 0.418 e. The van der Waals surface area contributed by atoms with E-state index in [0.717, 1.165) is 36.7 Å². The number of carbonyl (C=O) groups excluding carboxylic acids is 4. The number of carbonyl (C=O) groups is 4. The second-order valence-electron chi connectivity index (χ2n) is 14.2. The van der Waals surface area contributed by atoms with Gasteiger partial charge < -0.3 is 35.2 Å². The van der Waals surface area contributed by atoms with Gasteiger partial charge in [0.2, 0.25) is 0 Å². The summed E-state index contributed by atoms with van der Waals surface area (Å²) in [7, 11) is 0. The third-order valence-electron chi connectivity index (χ3n) is 11.0. The van der Waals surface area contributed by atoms with Gasteiger partial charge in [0.25, 0.3) is 5.91 Å². The lowest BCUT2D eigenvalue weighted by atomic mass is 9.94. The van der Waals surface area contributed by atoms with Crippen LogP contribution in [0.5, 0.6) is 0 Å². The molecule has 2 aromatic carbocycles. The highest BCUT2D eigenvalue weighted by Crippen LogP contribution is 2.38. The molecule has 0 bridgehead atoms. The Hall–Kier alpha value is -3.51. The molecule has 54 heavy (non-hydrogen) atoms. The minimum absolute atomic E-state index is 0.0362. The van der Waals surface area contributed by atoms with Crippen LogP contribution in [0.1, 0.15) is 61.6 Å². The van der Waals surface area contributed by atoms with Gasteiger partial charge in [-0.2, -0.15) is 13.2 Å². The molecule has 2 aromatic rings. The average molecular weight is 889 g/mol. The number of amides is 4. The fourth-order valence-electron chi connectivity index (χ4n) is 8.13. The largest absolute Gasteiger partial charge is 0.454 e. The van der Waals surface area contributed by atoms with Crippen LogP contribution in [-0.4, -0.2) is 112 Å². The molecule has 294 valence electrons. The molecule has 0 aromatic heterocycles. The maximum absolute atomic E-state index is 14.1. The summed E-state index contributed by atoms with van der Waals surface area (Å²) in [5.74, 6) is -0.780. The molecule has 0 aliphatic carbocycles. The first-order chi connectivity index (χ1) is 25.8. The van der Waals surface area contributed by atoms with Crippen molar-refractivity contribution in [1.29, 1.82) is 0 Å². The number of nitrogens with two attached hydrogens (primary N) is 1. The molecule has 0 spiro atoms. The van der Waals surface area contributed by atoms with Gasteiger partial charge in [-0.3, -0.25) is 14.5 Å². The lowest BCUT2D eigenvalue weighted by Gasteiger charge is -2.44. The third kappa shape index (κ3) is 9.29. The van der Waals surface area contributed by atoms with E-state index in [0.29, 0.717) is 58.2 Å². The normalized spacial score (nSPS) is 21.2. The van der Waals surface area contributed by atoms with Crippen molar-refractivity contribution in [3.63, 3.8) is 0 Å². The Bertz CT molecular complexity index is 1700. The number of esters is 1. The molecule has 4 amide bonds. The van der Waals surface area contributed by atoms with Crippen LogP contribution in [0.4, 0.5) is 34.1 Å². The fraction of sp³-hybridized carbons (Fsp3) is 0.568. The monoisotopic (exact) mass is 888 g/mol. The highest BCUT2D eigenvalue weighted by Gasteiger charge is 2.40. The Labute approximate surface area is 330 Å². The van der Waals surface area contributed by atoms with Crippen molar-refractivity contribution >= 4 is 69.6 Å². The van der Waals surface area contributed by atoms with E-state index in [1.54, 1.807) is 9.80 Å². The van der Waals surface area contributed by atoms with Gasteiger partial charge >= 0.3 is 24.3 Å². The minimum atomic E-state index is -4.80. The molecule has 4 aliphatic heterocycles. The maximum Gasteiger partial charge on any atom is 0.418 e. The number of hydrogen-bond acceptors (Lipinski definition) is 8. The number of benzene rings is 2. The van der Waals surface area contributed by atoms with Crippen molar-refractivity contribution in [1.82, 2.24) is 19.6 Å². The van der Waals surface area contributed by atoms with Crippen molar-refractivity contribution in [2.75, 3.05) is 54.9 Å². The summed E-state index contributed by atoms with van der Waals surface area (Å²) in [6.07, 6.45) is -2.00. The molecule has 12 nitrogen and oxygen atoms in total. The minimum Gasteiger partial charge on any atom is -0.454 e. The van der Waals surface area contributed by atoms with Crippen molar-refractivity contribution < 1.29 is 41.8 Å². The van der Waals surface area contributed by atoms with Gasteiger partial charge in [0.05, 0.1) is 16.3 Å². The predicted molar refractivity (Wildman–Crippen MR) is 204 cm³/mol. The molecule has 3 saturated heterocycles. The van der Waals surface area contributed by atoms with Crippen molar-refractivity contribution in [3.05, 3.63) is 58.1 Å². The lowest BCUT2D eigenvalue weighted by Crippen LogP contribution is -2.56. The number of alkyl halides is 4. The summed E-state index contributed by atoms with van der Waals surface area (Å²) in [6.45, 7) is 2.41. The van der Waals surface area contributed by atoms with E-state index in [1.807, 2.05) is 46.9 Å². The van der Waals surface area contributed by atoms with Crippen LogP contribution >= 0.6 is 34.2 Å². The van der Waals surface area contributed by atoms with Crippen molar-refractivity contribution in [2.24, 2.45) is 0 Å². The summed E-state index contributed by atoms with van der Waals surface area (Å²) < 4.78 is 53.1. The highest BCUT2D eigenvalue weighted by molar-refractivity contribution is 14.1. The number of anilines is 2. The number of rotatable bonds is 8. The first-order valence-electron chi connectivity index (χ1n) is 18.4. The van der Waals surface area contributed by atoms with E-state index >= 15 is 0 Å². The SMILES string of the molecule is Nc1c(Cl)cc(C[C@@H](OC(=O)N2CCC(N3CCc4ccccc4NC3=O)CC2)C(=O)N2CCC(N3CCCC[C@@H]3C(=O)OCI)CC2)cc1C(F)(F)F. The first-order valence-corrected chi connectivity index (χ1v) is 20.3. The van der Waals surface area contributed by atoms with E-state index in [-0.39, 0.29) is 64.8 Å². The number of nitrogen functional groups attached to an aromatic ring is 1. The summed E-state index contributed by atoms with van der Waals surface area (Å²) in [6, 6.07) is 9.11. The van der Waals surface area contributed by atoms with Gasteiger partial charge in [0.15, 0.2) is 6.10 Å². The third-order valence-corrected chi connectivity index (χ3v) is 11.6. The number of halogens is 5. The molecule has 4 aliphatic rings. The number of ether oxygens (including phenoxy) is 2. The molecular formula is C37H45ClF3IN6O6. The van der Waals surface area contributed by atoms with E-state index in [2.05, 4.69) is 10.2 Å². The summed E-state index contributed by atoms with van der Waals surface area (Å²) in [5.41, 5.74) is 5.77. The number of urea groups is 1. The zero-order valence-corrected chi connectivity index (χ0v) is 32.7. The van der Waals surface area contributed by atoms with Crippen LogP contribution in [0, 0.1) is 0 Å². The lowest BCUT2D eigenvalue weighted by molar-refractivity contribution is -0.152. The molecule has 3 N–H and O–H groups in total. The van der Waals surface area contributed by atoms with Gasteiger partial charge in [0.1, 0.15) is 10.7 Å². The number of para-hydroxylation sites is 1. The number of nitrogens with zero attached hydrogens (tertiary/aromatic N) is 4. The van der Waals surface area contributed by atoms with Gasteiger partial charge in [-0.05, 0) is 103 Å². The fourth-order valence-corrected chi connectivity index (χ4v) is 8.68. The molecule has 2 atom stereocenters. The molecule has 0 saturated carbocycles. The topological polar surface area (TPSA) is 138 Å². The van der Waals surface area contributed by atoms with Crippen LogP contribution < -0.4 is 11.1 Å². The number of nitrogens with one attached hydrogen (secondary N) is 1. The van der Waals surface area contributed by atoms with Crippen molar-refractivity contribution in [2.45, 2.75) is 88.2 Å². The number of likely N-dealkylation sites (tertiary alicyclic amines) is 3. The molecule has 6 rings (SSSR count). The zero-order chi connectivity index (χ0) is 38.6. The quantitative estimate of drug-likeness (QED) is 0.136. The van der Waals surface area contributed by atoms with Crippen LogP contribution in [0.3, 0.4) is 0 Å². The summed E-state index contributed by atoms with van der Waals surface area (Å²) in [4.78, 5) is 60.6. The molecule has 17 heteroatoms.